The van der Waals surface area contributed by atoms with Gasteiger partial charge in [-0.1, -0.05) is 54.6 Å². The van der Waals surface area contributed by atoms with Gasteiger partial charge in [-0.05, 0) is 48.4 Å². The zero-order valence-electron chi connectivity index (χ0n) is 18.1. The Kier molecular flexibility index (Phi) is 8.44. The maximum Gasteiger partial charge on any atom is 0.416 e. The number of hydrogen-bond acceptors (Lipinski definition) is 5. The highest BCUT2D eigenvalue weighted by Crippen LogP contribution is 2.31. The van der Waals surface area contributed by atoms with Crippen molar-refractivity contribution in [2.24, 2.45) is 0 Å². The Morgan fingerprint density at radius 3 is 1.86 bits per heavy atom. The Hall–Kier alpha value is -2.64. The lowest BCUT2D eigenvalue weighted by atomic mass is 10.0. The Balaban J connectivity index is 1.94. The first-order valence-corrected chi connectivity index (χ1v) is 13.8. The maximum atomic E-state index is 13.4. The highest BCUT2D eigenvalue weighted by molar-refractivity contribution is 8.13. The van der Waals surface area contributed by atoms with Crippen LogP contribution in [0.4, 0.5) is 13.2 Å². The largest absolute Gasteiger partial charge is 0.416 e. The van der Waals surface area contributed by atoms with Gasteiger partial charge in [-0.25, -0.2) is 16.8 Å². The Bertz CT molecular complexity index is 1350. The first kappa shape index (κ1) is 27.0. The molecule has 0 amide bonds. The summed E-state index contributed by atoms with van der Waals surface area (Å²) in [4.78, 5) is -0.159. The van der Waals surface area contributed by atoms with E-state index in [-0.39, 0.29) is 16.2 Å². The second-order valence-electron chi connectivity index (χ2n) is 7.27. The molecule has 186 valence electrons. The first-order valence-electron chi connectivity index (χ1n) is 10.1. The van der Waals surface area contributed by atoms with Crippen LogP contribution in [-0.4, -0.2) is 26.6 Å². The summed E-state index contributed by atoms with van der Waals surface area (Å²) in [7, 11) is -8.34. The normalized spacial score (nSPS) is 13.5. The van der Waals surface area contributed by atoms with Crippen molar-refractivity contribution in [3.63, 3.8) is 0 Å². The third-order valence-electron chi connectivity index (χ3n) is 4.84. The van der Waals surface area contributed by atoms with E-state index in [9.17, 15) is 30.0 Å². The highest BCUT2D eigenvalue weighted by Gasteiger charge is 2.34. The minimum atomic E-state index is -4.51. The predicted octanol–water partition coefficient (Wildman–Crippen LogP) is 5.04. The molecule has 0 aliphatic rings. The van der Waals surface area contributed by atoms with Gasteiger partial charge in [0.1, 0.15) is 0 Å². The predicted molar refractivity (Wildman–Crippen MR) is 129 cm³/mol. The molecule has 0 aliphatic heterocycles. The number of alkyl halides is 3. The number of benzene rings is 3. The van der Waals surface area contributed by atoms with E-state index in [1.807, 2.05) is 0 Å². The van der Waals surface area contributed by atoms with Crippen LogP contribution in [0.15, 0.2) is 107 Å². The smallest absolute Gasteiger partial charge is 0.206 e. The lowest BCUT2D eigenvalue weighted by Crippen LogP contribution is -2.38. The summed E-state index contributed by atoms with van der Waals surface area (Å²) in [5.41, 5.74) is -0.433. The van der Waals surface area contributed by atoms with E-state index < -0.39 is 37.8 Å². The van der Waals surface area contributed by atoms with Gasteiger partial charge in [-0.2, -0.15) is 13.2 Å². The summed E-state index contributed by atoms with van der Waals surface area (Å²) in [5, 5.41) is 0. The molecule has 0 bridgehead atoms. The molecule has 0 aromatic heterocycles. The number of nitrogens with one attached hydrogen (secondary N) is 1. The molecule has 1 N–H and O–H groups in total. The van der Waals surface area contributed by atoms with E-state index in [1.165, 1.54) is 66.7 Å². The van der Waals surface area contributed by atoms with Crippen LogP contribution in [0.5, 0.6) is 0 Å². The quantitative estimate of drug-likeness (QED) is 0.287. The van der Waals surface area contributed by atoms with Gasteiger partial charge in [0.15, 0.2) is 0 Å². The van der Waals surface area contributed by atoms with Crippen molar-refractivity contribution in [1.29, 1.82) is 0 Å². The summed E-state index contributed by atoms with van der Waals surface area (Å²) in [6.45, 7) is 3.67. The Labute approximate surface area is 206 Å². The van der Waals surface area contributed by atoms with Crippen molar-refractivity contribution < 1.29 is 30.0 Å². The molecule has 3 aromatic carbocycles. The van der Waals surface area contributed by atoms with Crippen molar-refractivity contribution in [3.8, 4) is 0 Å². The van der Waals surface area contributed by atoms with E-state index in [0.29, 0.717) is 17.7 Å². The van der Waals surface area contributed by atoms with Crippen LogP contribution < -0.4 is 4.13 Å². The molecule has 6 nitrogen and oxygen atoms in total. The van der Waals surface area contributed by atoms with E-state index in [2.05, 4.69) is 10.7 Å². The molecular weight excluding hydrogens is 521 g/mol. The van der Waals surface area contributed by atoms with Crippen LogP contribution in [0, 0.1) is 0 Å². The van der Waals surface area contributed by atoms with Gasteiger partial charge in [0.25, 0.3) is 20.0 Å². The fourth-order valence-corrected chi connectivity index (χ4v) is 7.07. The van der Waals surface area contributed by atoms with Gasteiger partial charge < -0.3 is 0 Å². The molecule has 12 heteroatoms. The van der Waals surface area contributed by atoms with Gasteiger partial charge in [0.05, 0.1) is 21.4 Å². The molecule has 0 saturated heterocycles. The van der Waals surface area contributed by atoms with Gasteiger partial charge in [-0.15, -0.1) is 14.4 Å². The minimum absolute atomic E-state index is 0.0479. The van der Waals surface area contributed by atoms with Gasteiger partial charge in [0, 0.05) is 12.1 Å². The average Bonchev–Trinajstić information content (AvgIpc) is 2.84. The zero-order chi connectivity index (χ0) is 25.7. The van der Waals surface area contributed by atoms with Crippen LogP contribution in [0.2, 0.25) is 0 Å². The van der Waals surface area contributed by atoms with Crippen molar-refractivity contribution in [2.75, 3.05) is 0 Å². The van der Waals surface area contributed by atoms with E-state index in [0.717, 1.165) is 15.8 Å². The lowest BCUT2D eigenvalue weighted by Gasteiger charge is -2.27. The molecule has 0 aliphatic carbocycles. The Morgan fingerprint density at radius 1 is 0.857 bits per heavy atom. The maximum absolute atomic E-state index is 13.4. The molecule has 35 heavy (non-hydrogen) atoms. The van der Waals surface area contributed by atoms with Crippen LogP contribution in [0.3, 0.4) is 0 Å². The molecule has 1 atom stereocenters. The molecule has 0 spiro atoms. The third-order valence-corrected chi connectivity index (χ3v) is 9.78. The molecule has 0 radical (unpaired) electrons. The SMILES string of the molecule is C=C[C@H](Cc1ccc(C(F)(F)F)cc1)N(SNS(=O)(=O)c1ccccc1)S(=O)(=O)c1ccccc1. The molecule has 0 heterocycles. The fraction of sp³-hybridized carbons (Fsp3) is 0.130. The van der Waals surface area contributed by atoms with Gasteiger partial charge >= 0.3 is 6.18 Å². The van der Waals surface area contributed by atoms with Crippen molar-refractivity contribution in [2.45, 2.75) is 28.4 Å². The summed E-state index contributed by atoms with van der Waals surface area (Å²) < 4.78 is 94.1. The lowest BCUT2D eigenvalue weighted by molar-refractivity contribution is -0.137. The van der Waals surface area contributed by atoms with Crippen LogP contribution >= 0.6 is 12.1 Å². The molecule has 3 aromatic rings. The number of halogens is 3. The summed E-state index contributed by atoms with van der Waals surface area (Å²) in [5.74, 6) is 0. The molecular formula is C23H21F3N2O4S3. The summed E-state index contributed by atoms with van der Waals surface area (Å²) in [6.07, 6.45) is -3.26. The van der Waals surface area contributed by atoms with E-state index >= 15 is 0 Å². The standard InChI is InChI=1S/C23H21F3N2O4S3/c1-2-20(17-18-13-15-19(16-14-18)23(24,25)26)28(35(31,32)22-11-7-4-8-12-22)33-27-34(29,30)21-9-5-3-6-10-21/h2-16,20,27H,1,17H2/t20-/m1/s1. The third kappa shape index (κ3) is 6.73. The fourth-order valence-electron chi connectivity index (χ4n) is 3.04. The number of sulfonamides is 2. The molecule has 0 fully saturated rings. The van der Waals surface area contributed by atoms with Crippen LogP contribution in [0.1, 0.15) is 11.1 Å². The molecule has 0 saturated carbocycles. The minimum Gasteiger partial charge on any atom is -0.206 e. The summed E-state index contributed by atoms with van der Waals surface area (Å²) in [6, 6.07) is 18.0. The summed E-state index contributed by atoms with van der Waals surface area (Å²) >= 11 is 0.341. The zero-order valence-corrected chi connectivity index (χ0v) is 20.5. The molecule has 3 rings (SSSR count). The first-order chi connectivity index (χ1) is 16.4. The molecule has 0 unspecified atom stereocenters. The topological polar surface area (TPSA) is 83.6 Å². The van der Waals surface area contributed by atoms with Crippen molar-refractivity contribution >= 4 is 32.2 Å². The number of rotatable bonds is 10. The number of hydrogen-bond donors (Lipinski definition) is 1. The number of nitrogens with zero attached hydrogens (tertiary/aromatic N) is 1. The second kappa shape index (κ2) is 11.0. The van der Waals surface area contributed by atoms with E-state index in [1.54, 1.807) is 12.1 Å². The second-order valence-corrected chi connectivity index (χ2v) is 12.0. The Morgan fingerprint density at radius 2 is 1.37 bits per heavy atom. The van der Waals surface area contributed by atoms with Crippen molar-refractivity contribution in [1.82, 2.24) is 7.84 Å². The average molecular weight is 543 g/mol. The monoisotopic (exact) mass is 542 g/mol. The van der Waals surface area contributed by atoms with E-state index in [4.69, 9.17) is 0 Å². The van der Waals surface area contributed by atoms with Crippen molar-refractivity contribution in [3.05, 3.63) is 109 Å². The van der Waals surface area contributed by atoms with Gasteiger partial charge in [-0.3, -0.25) is 0 Å². The van der Waals surface area contributed by atoms with Crippen LogP contribution in [0.25, 0.3) is 0 Å². The highest BCUT2D eigenvalue weighted by atomic mass is 32.3. The van der Waals surface area contributed by atoms with Crippen LogP contribution in [-0.2, 0) is 32.6 Å². The van der Waals surface area contributed by atoms with Gasteiger partial charge in [0.2, 0.25) is 0 Å².